The lowest BCUT2D eigenvalue weighted by Crippen LogP contribution is -2.43. The van der Waals surface area contributed by atoms with E-state index in [2.05, 4.69) is 0 Å². The Morgan fingerprint density at radius 2 is 2.00 bits per heavy atom. The SMILES string of the molecule is NC(=O)C1CCCN1C(=O)c1cc(N)c(Cl)c(Cl)c1. The fraction of sp³-hybridized carbons (Fsp3) is 0.333. The molecule has 1 aromatic carbocycles. The predicted octanol–water partition coefficient (Wildman–Crippen LogP) is 1.67. The van der Waals surface area contributed by atoms with Crippen molar-refractivity contribution in [3.63, 3.8) is 0 Å². The average Bonchev–Trinajstić information content (AvgIpc) is 2.83. The highest BCUT2D eigenvalue weighted by molar-refractivity contribution is 6.43. The van der Waals surface area contributed by atoms with Gasteiger partial charge in [-0.2, -0.15) is 0 Å². The van der Waals surface area contributed by atoms with Gasteiger partial charge in [0.15, 0.2) is 0 Å². The summed E-state index contributed by atoms with van der Waals surface area (Å²) in [6.45, 7) is 0.493. The van der Waals surface area contributed by atoms with Crippen LogP contribution < -0.4 is 11.5 Å². The molecule has 1 heterocycles. The molecule has 1 atom stereocenters. The molecule has 1 fully saturated rings. The van der Waals surface area contributed by atoms with Crippen molar-refractivity contribution in [2.75, 3.05) is 12.3 Å². The Morgan fingerprint density at radius 3 is 2.58 bits per heavy atom. The van der Waals surface area contributed by atoms with E-state index >= 15 is 0 Å². The summed E-state index contributed by atoms with van der Waals surface area (Å²) in [6.07, 6.45) is 1.33. The second kappa shape index (κ2) is 5.27. The molecule has 0 saturated carbocycles. The van der Waals surface area contributed by atoms with Crippen LogP contribution in [0.3, 0.4) is 0 Å². The number of benzene rings is 1. The molecule has 1 aliphatic rings. The number of nitrogen functional groups attached to an aromatic ring is 1. The summed E-state index contributed by atoms with van der Waals surface area (Å²) in [7, 11) is 0. The Morgan fingerprint density at radius 1 is 1.32 bits per heavy atom. The summed E-state index contributed by atoms with van der Waals surface area (Å²) in [5.41, 5.74) is 11.5. The van der Waals surface area contributed by atoms with Crippen LogP contribution in [0.1, 0.15) is 23.2 Å². The van der Waals surface area contributed by atoms with Gasteiger partial charge in [0.05, 0.1) is 15.7 Å². The van der Waals surface area contributed by atoms with E-state index in [1.54, 1.807) is 0 Å². The number of hydrogen-bond donors (Lipinski definition) is 2. The largest absolute Gasteiger partial charge is 0.397 e. The number of amides is 2. The Hall–Kier alpha value is -1.46. The van der Waals surface area contributed by atoms with Crippen molar-refractivity contribution in [2.24, 2.45) is 5.73 Å². The van der Waals surface area contributed by atoms with E-state index in [4.69, 9.17) is 34.7 Å². The molecule has 0 bridgehead atoms. The molecule has 7 heteroatoms. The number of rotatable bonds is 2. The topological polar surface area (TPSA) is 89.4 Å². The van der Waals surface area contributed by atoms with Crippen molar-refractivity contribution >= 4 is 40.7 Å². The highest BCUT2D eigenvalue weighted by Gasteiger charge is 2.33. The zero-order valence-electron chi connectivity index (χ0n) is 10.0. The molecule has 1 saturated heterocycles. The summed E-state index contributed by atoms with van der Waals surface area (Å²) in [6, 6.07) is 2.33. The molecule has 1 unspecified atom stereocenters. The van der Waals surface area contributed by atoms with Crippen LogP contribution in [0.5, 0.6) is 0 Å². The van der Waals surface area contributed by atoms with Crippen LogP contribution in [0.15, 0.2) is 12.1 Å². The summed E-state index contributed by atoms with van der Waals surface area (Å²) in [5.74, 6) is -0.814. The van der Waals surface area contributed by atoms with Gasteiger partial charge in [0.1, 0.15) is 6.04 Å². The zero-order chi connectivity index (χ0) is 14.2. The minimum absolute atomic E-state index is 0.208. The quantitative estimate of drug-likeness (QED) is 0.814. The van der Waals surface area contributed by atoms with Gasteiger partial charge in [0, 0.05) is 12.1 Å². The van der Waals surface area contributed by atoms with Gasteiger partial charge in [0.25, 0.3) is 5.91 Å². The van der Waals surface area contributed by atoms with Gasteiger partial charge in [0.2, 0.25) is 5.91 Å². The monoisotopic (exact) mass is 301 g/mol. The zero-order valence-corrected chi connectivity index (χ0v) is 11.5. The van der Waals surface area contributed by atoms with Gasteiger partial charge >= 0.3 is 0 Å². The smallest absolute Gasteiger partial charge is 0.254 e. The number of nitrogens with two attached hydrogens (primary N) is 2. The van der Waals surface area contributed by atoms with Crippen LogP contribution in [-0.2, 0) is 4.79 Å². The van der Waals surface area contributed by atoms with Crippen LogP contribution >= 0.6 is 23.2 Å². The number of likely N-dealkylation sites (tertiary alicyclic amines) is 1. The van der Waals surface area contributed by atoms with E-state index < -0.39 is 11.9 Å². The van der Waals surface area contributed by atoms with Crippen LogP contribution in [0.25, 0.3) is 0 Å². The fourth-order valence-electron chi connectivity index (χ4n) is 2.21. The second-order valence-electron chi connectivity index (χ2n) is 4.42. The van der Waals surface area contributed by atoms with E-state index in [-0.39, 0.29) is 21.6 Å². The molecule has 0 aromatic heterocycles. The Bertz CT molecular complexity index is 525. The van der Waals surface area contributed by atoms with Crippen molar-refractivity contribution in [1.82, 2.24) is 4.90 Å². The molecule has 19 heavy (non-hydrogen) atoms. The van der Waals surface area contributed by atoms with Crippen LogP contribution in [0.4, 0.5) is 5.69 Å². The maximum Gasteiger partial charge on any atom is 0.254 e. The number of carbonyl (C=O) groups excluding carboxylic acids is 2. The van der Waals surface area contributed by atoms with Gasteiger partial charge in [-0.3, -0.25) is 9.59 Å². The van der Waals surface area contributed by atoms with Crippen LogP contribution in [0, 0.1) is 0 Å². The number of halogens is 2. The highest BCUT2D eigenvalue weighted by Crippen LogP contribution is 2.30. The minimum atomic E-state index is -0.567. The van der Waals surface area contributed by atoms with E-state index in [1.165, 1.54) is 17.0 Å². The van der Waals surface area contributed by atoms with E-state index in [1.807, 2.05) is 0 Å². The third-order valence-electron chi connectivity index (χ3n) is 3.15. The minimum Gasteiger partial charge on any atom is -0.397 e. The van der Waals surface area contributed by atoms with Gasteiger partial charge in [-0.1, -0.05) is 23.2 Å². The van der Waals surface area contributed by atoms with Crippen molar-refractivity contribution in [3.8, 4) is 0 Å². The Balaban J connectivity index is 2.32. The molecular formula is C12H13Cl2N3O2. The molecular weight excluding hydrogens is 289 g/mol. The maximum absolute atomic E-state index is 12.3. The van der Waals surface area contributed by atoms with Crippen molar-refractivity contribution in [1.29, 1.82) is 0 Å². The number of nitrogens with zero attached hydrogens (tertiary/aromatic N) is 1. The highest BCUT2D eigenvalue weighted by atomic mass is 35.5. The average molecular weight is 302 g/mol. The summed E-state index contributed by atoms with van der Waals surface area (Å²) in [4.78, 5) is 25.1. The van der Waals surface area contributed by atoms with Crippen LogP contribution in [-0.4, -0.2) is 29.3 Å². The van der Waals surface area contributed by atoms with Crippen LogP contribution in [0.2, 0.25) is 10.0 Å². The van der Waals surface area contributed by atoms with E-state index in [0.717, 1.165) is 6.42 Å². The Labute approximate surface area is 120 Å². The first-order chi connectivity index (χ1) is 8.91. The maximum atomic E-state index is 12.3. The first kappa shape index (κ1) is 14.0. The molecule has 2 amide bonds. The first-order valence-electron chi connectivity index (χ1n) is 5.76. The molecule has 0 aliphatic carbocycles. The van der Waals surface area contributed by atoms with Gasteiger partial charge in [-0.25, -0.2) is 0 Å². The van der Waals surface area contributed by atoms with Crippen molar-refractivity contribution in [2.45, 2.75) is 18.9 Å². The van der Waals surface area contributed by atoms with E-state index in [9.17, 15) is 9.59 Å². The van der Waals surface area contributed by atoms with Gasteiger partial charge in [-0.05, 0) is 25.0 Å². The fourth-order valence-corrected chi connectivity index (χ4v) is 2.54. The molecule has 0 radical (unpaired) electrons. The van der Waals surface area contributed by atoms with Crippen molar-refractivity contribution < 1.29 is 9.59 Å². The van der Waals surface area contributed by atoms with Crippen molar-refractivity contribution in [3.05, 3.63) is 27.7 Å². The predicted molar refractivity (Wildman–Crippen MR) is 74.1 cm³/mol. The summed E-state index contributed by atoms with van der Waals surface area (Å²) < 4.78 is 0. The molecule has 1 aromatic rings. The van der Waals surface area contributed by atoms with Gasteiger partial charge in [-0.15, -0.1) is 0 Å². The molecule has 102 valence electrons. The Kier molecular flexibility index (Phi) is 3.87. The number of hydrogen-bond acceptors (Lipinski definition) is 3. The lowest BCUT2D eigenvalue weighted by atomic mass is 10.1. The first-order valence-corrected chi connectivity index (χ1v) is 6.52. The molecule has 4 N–H and O–H groups in total. The third kappa shape index (κ3) is 2.62. The molecule has 5 nitrogen and oxygen atoms in total. The molecule has 0 spiro atoms. The normalized spacial score (nSPS) is 18.6. The standard InChI is InChI=1S/C12H13Cl2N3O2/c13-7-4-6(5-8(15)10(7)14)12(19)17-3-1-2-9(17)11(16)18/h4-5,9H,1-3,15H2,(H2,16,18). The number of carbonyl (C=O) groups is 2. The number of primary amides is 1. The second-order valence-corrected chi connectivity index (χ2v) is 5.21. The summed E-state index contributed by atoms with van der Waals surface area (Å²) >= 11 is 11.7. The molecule has 2 rings (SSSR count). The molecule has 1 aliphatic heterocycles. The summed E-state index contributed by atoms with van der Waals surface area (Å²) in [5, 5.41) is 0.422. The van der Waals surface area contributed by atoms with E-state index in [0.29, 0.717) is 18.5 Å². The number of anilines is 1. The lowest BCUT2D eigenvalue weighted by molar-refractivity contribution is -0.121. The lowest BCUT2D eigenvalue weighted by Gasteiger charge is -2.22. The van der Waals surface area contributed by atoms with Gasteiger partial charge < -0.3 is 16.4 Å². The third-order valence-corrected chi connectivity index (χ3v) is 3.96.